The van der Waals surface area contributed by atoms with Crippen LogP contribution in [0, 0.1) is 17.0 Å². The minimum Gasteiger partial charge on any atom is -0.481 e. The predicted molar refractivity (Wildman–Crippen MR) is 165 cm³/mol. The van der Waals surface area contributed by atoms with Crippen molar-refractivity contribution < 1.29 is 23.9 Å². The van der Waals surface area contributed by atoms with Crippen molar-refractivity contribution in [3.05, 3.63) is 46.7 Å². The number of carbonyl (C=O) groups excluding carboxylic acids is 2. The number of carboxylic acid groups (broad SMARTS) is 1. The molecule has 1 aromatic carbocycles. The van der Waals surface area contributed by atoms with E-state index in [4.69, 9.17) is 11.6 Å². The molecule has 2 aromatic heterocycles. The van der Waals surface area contributed by atoms with Crippen LogP contribution >= 0.6 is 22.9 Å². The topological polar surface area (TPSA) is 104 Å². The average molecular weight is 625 g/mol. The number of rotatable bonds is 10. The maximum atomic E-state index is 15.7. The highest BCUT2D eigenvalue weighted by Gasteiger charge is 2.40. The Labute approximate surface area is 258 Å². The van der Waals surface area contributed by atoms with E-state index in [-0.39, 0.29) is 35.1 Å². The van der Waals surface area contributed by atoms with Crippen LogP contribution in [0.2, 0.25) is 5.02 Å². The van der Waals surface area contributed by atoms with Crippen LogP contribution in [0.3, 0.4) is 0 Å². The molecule has 0 radical (unpaired) electrons. The van der Waals surface area contributed by atoms with Gasteiger partial charge >= 0.3 is 5.97 Å². The van der Waals surface area contributed by atoms with Gasteiger partial charge in [0.05, 0.1) is 6.42 Å². The Balaban J connectivity index is 1.31. The van der Waals surface area contributed by atoms with Gasteiger partial charge in [-0.2, -0.15) is 4.39 Å². The van der Waals surface area contributed by atoms with Gasteiger partial charge in [0.2, 0.25) is 16.9 Å². The summed E-state index contributed by atoms with van der Waals surface area (Å²) in [4.78, 5) is 50.4. The number of aliphatic carboxylic acids is 1. The zero-order valence-electron chi connectivity index (χ0n) is 23.8. The van der Waals surface area contributed by atoms with Crippen LogP contribution in [0.5, 0.6) is 0 Å². The molecule has 1 N–H and O–H groups in total. The van der Waals surface area contributed by atoms with Crippen molar-refractivity contribution in [2.24, 2.45) is 11.8 Å². The van der Waals surface area contributed by atoms with Crippen molar-refractivity contribution in [3.8, 4) is 22.4 Å². The number of thiazole rings is 1. The van der Waals surface area contributed by atoms with Gasteiger partial charge in [-0.05, 0) is 67.9 Å². The van der Waals surface area contributed by atoms with E-state index < -0.39 is 17.0 Å². The van der Waals surface area contributed by atoms with Crippen molar-refractivity contribution in [2.45, 2.75) is 76.7 Å². The van der Waals surface area contributed by atoms with Crippen LogP contribution in [0.25, 0.3) is 22.4 Å². The minimum absolute atomic E-state index is 0.0550. The molecule has 2 amide bonds. The normalized spacial score (nSPS) is 18.2. The number of pyridine rings is 1. The van der Waals surface area contributed by atoms with Crippen molar-refractivity contribution in [2.75, 3.05) is 16.3 Å². The highest BCUT2D eigenvalue weighted by molar-refractivity contribution is 7.14. The highest BCUT2D eigenvalue weighted by atomic mass is 35.5. The van der Waals surface area contributed by atoms with E-state index >= 15 is 4.39 Å². The third kappa shape index (κ3) is 6.60. The van der Waals surface area contributed by atoms with E-state index in [2.05, 4.69) is 9.97 Å². The van der Waals surface area contributed by atoms with E-state index in [0.29, 0.717) is 52.8 Å². The van der Waals surface area contributed by atoms with E-state index in [1.807, 2.05) is 6.07 Å². The van der Waals surface area contributed by atoms with Crippen molar-refractivity contribution in [1.29, 1.82) is 0 Å². The third-order valence-corrected chi connectivity index (χ3v) is 9.77. The molecule has 11 heteroatoms. The number of benzene rings is 1. The quantitative estimate of drug-likeness (QED) is 0.253. The Morgan fingerprint density at radius 2 is 1.88 bits per heavy atom. The Morgan fingerprint density at radius 3 is 2.56 bits per heavy atom. The molecular weight excluding hydrogens is 591 g/mol. The molecule has 3 aliphatic rings. The predicted octanol–water partition coefficient (Wildman–Crippen LogP) is 7.35. The Kier molecular flexibility index (Phi) is 8.77. The maximum Gasteiger partial charge on any atom is 0.304 e. The third-order valence-electron chi connectivity index (χ3n) is 8.69. The zero-order valence-corrected chi connectivity index (χ0v) is 25.4. The highest BCUT2D eigenvalue weighted by Crippen LogP contribution is 2.43. The average Bonchev–Trinajstić information content (AvgIpc) is 3.54. The van der Waals surface area contributed by atoms with Gasteiger partial charge in [-0.3, -0.25) is 24.2 Å². The lowest BCUT2D eigenvalue weighted by Gasteiger charge is -2.26. The maximum absolute atomic E-state index is 15.7. The van der Waals surface area contributed by atoms with Crippen molar-refractivity contribution >= 4 is 51.7 Å². The summed E-state index contributed by atoms with van der Waals surface area (Å²) in [6.07, 6.45) is 10.0. The molecule has 0 spiro atoms. The number of carbonyl (C=O) groups is 3. The SMILES string of the molecule is O=C(O)C[C@@H](CC1CCCC1)C(=O)N(c1nc(-c2cc(Cl)ccc2-c2ccc(N3CCCCC3=O)nc2)c(F)s1)C1CC1. The number of aromatic nitrogens is 2. The first-order valence-corrected chi connectivity index (χ1v) is 16.3. The lowest BCUT2D eigenvalue weighted by atomic mass is 9.90. The molecule has 0 bridgehead atoms. The number of hydrogen-bond acceptors (Lipinski definition) is 6. The molecule has 1 atom stereocenters. The first kappa shape index (κ1) is 29.7. The molecule has 8 nitrogen and oxygen atoms in total. The van der Waals surface area contributed by atoms with Crippen molar-refractivity contribution in [1.82, 2.24) is 9.97 Å². The molecule has 0 unspecified atom stereocenters. The second-order valence-electron chi connectivity index (χ2n) is 11.8. The van der Waals surface area contributed by atoms with Crippen LogP contribution in [0.4, 0.5) is 15.3 Å². The second-order valence-corrected chi connectivity index (χ2v) is 13.2. The zero-order chi connectivity index (χ0) is 30.1. The van der Waals surface area contributed by atoms with E-state index in [1.54, 1.807) is 40.3 Å². The summed E-state index contributed by atoms with van der Waals surface area (Å²) in [5.74, 6) is -0.992. The molecule has 2 aliphatic carbocycles. The fourth-order valence-electron chi connectivity index (χ4n) is 6.37. The number of hydrogen-bond donors (Lipinski definition) is 1. The van der Waals surface area contributed by atoms with Gasteiger partial charge in [0, 0.05) is 47.3 Å². The molecule has 3 fully saturated rings. The monoisotopic (exact) mass is 624 g/mol. The summed E-state index contributed by atoms with van der Waals surface area (Å²) in [5, 5.41) is 9.70. The summed E-state index contributed by atoms with van der Waals surface area (Å²) >= 11 is 7.18. The number of amides is 2. The lowest BCUT2D eigenvalue weighted by molar-refractivity contribution is -0.141. The molecule has 2 saturated carbocycles. The molecule has 1 saturated heterocycles. The molecule has 1 aliphatic heterocycles. The molecule has 43 heavy (non-hydrogen) atoms. The molecule has 3 aromatic rings. The van der Waals surface area contributed by atoms with Crippen LogP contribution in [-0.2, 0) is 14.4 Å². The molecule has 6 rings (SSSR count). The summed E-state index contributed by atoms with van der Waals surface area (Å²) in [6, 6.07) is 8.68. The number of anilines is 2. The van der Waals surface area contributed by atoms with Gasteiger partial charge in [-0.1, -0.05) is 54.7 Å². The fourth-order valence-corrected chi connectivity index (χ4v) is 7.43. The Hall–Kier alpha value is -3.37. The molecule has 3 heterocycles. The standard InChI is InChI=1S/C32H34ClFN4O4S/c33-22-9-12-24(20-8-13-26(35-18-20)37-14-4-3-7-27(37)39)25(17-22)29-30(34)43-32(36-29)38(23-10-11-23)31(42)21(16-28(40)41)15-19-5-1-2-6-19/h8-9,12-13,17-19,21,23H,1-7,10-11,14-16H2,(H,40,41)/t21-/m1/s1. The van der Waals surface area contributed by atoms with Crippen LogP contribution in [0.15, 0.2) is 36.5 Å². The van der Waals surface area contributed by atoms with Crippen LogP contribution in [-0.4, -0.2) is 45.4 Å². The summed E-state index contributed by atoms with van der Waals surface area (Å²) in [6.45, 7) is 0.633. The van der Waals surface area contributed by atoms with Gasteiger partial charge in [0.1, 0.15) is 11.5 Å². The first-order chi connectivity index (χ1) is 20.8. The molecular formula is C32H34ClFN4O4S. The number of halogens is 2. The number of carboxylic acids is 1. The van der Waals surface area contributed by atoms with E-state index in [1.165, 1.54) is 0 Å². The smallest absolute Gasteiger partial charge is 0.304 e. The van der Waals surface area contributed by atoms with Crippen LogP contribution < -0.4 is 9.80 Å². The summed E-state index contributed by atoms with van der Waals surface area (Å²) < 4.78 is 15.7. The largest absolute Gasteiger partial charge is 0.481 e. The lowest BCUT2D eigenvalue weighted by Crippen LogP contribution is -2.39. The van der Waals surface area contributed by atoms with E-state index in [9.17, 15) is 19.5 Å². The van der Waals surface area contributed by atoms with Gasteiger partial charge in [-0.25, -0.2) is 9.97 Å². The summed E-state index contributed by atoms with van der Waals surface area (Å²) in [5.41, 5.74) is 1.92. The summed E-state index contributed by atoms with van der Waals surface area (Å²) in [7, 11) is 0. The Bertz CT molecular complexity index is 1520. The van der Waals surface area contributed by atoms with Gasteiger partial charge in [0.15, 0.2) is 5.13 Å². The van der Waals surface area contributed by atoms with Gasteiger partial charge in [-0.15, -0.1) is 0 Å². The van der Waals surface area contributed by atoms with Gasteiger partial charge in [0.25, 0.3) is 0 Å². The number of piperidine rings is 1. The minimum atomic E-state index is -1.01. The van der Waals surface area contributed by atoms with Crippen LogP contribution in [0.1, 0.15) is 70.6 Å². The van der Waals surface area contributed by atoms with Gasteiger partial charge < -0.3 is 5.11 Å². The Morgan fingerprint density at radius 1 is 1.09 bits per heavy atom. The fraction of sp³-hybridized carbons (Fsp3) is 0.469. The van der Waals surface area contributed by atoms with Crippen molar-refractivity contribution in [3.63, 3.8) is 0 Å². The second kappa shape index (κ2) is 12.7. The molecule has 226 valence electrons. The first-order valence-electron chi connectivity index (χ1n) is 15.1. The number of nitrogens with zero attached hydrogens (tertiary/aromatic N) is 4. The van der Waals surface area contributed by atoms with E-state index in [0.717, 1.165) is 62.7 Å².